The molecule has 0 unspecified atom stereocenters. The van der Waals surface area contributed by atoms with Crippen molar-refractivity contribution in [2.75, 3.05) is 0 Å². The van der Waals surface area contributed by atoms with Crippen molar-refractivity contribution in [3.05, 3.63) is 11.4 Å². The summed E-state index contributed by atoms with van der Waals surface area (Å²) in [7, 11) is 0. The Kier molecular flexibility index (Phi) is 1.51. The largest absolute Gasteiger partial charge is 0.310 e. The van der Waals surface area contributed by atoms with Crippen LogP contribution in [0.25, 0.3) is 4.85 Å². The maximum Gasteiger partial charge on any atom is 0.233 e. The Balaban J connectivity index is 2.48. The van der Waals surface area contributed by atoms with Gasteiger partial charge in [0.15, 0.2) is 0 Å². The van der Waals surface area contributed by atoms with Gasteiger partial charge in [-0.15, -0.1) is 0 Å². The highest BCUT2D eigenvalue weighted by atomic mass is 14.9. The SMILES string of the molecule is [C-]#[N+]C1(CC(C)(C)C)CC1. The van der Waals surface area contributed by atoms with Gasteiger partial charge in [0, 0.05) is 19.3 Å². The molecule has 0 radical (unpaired) electrons. The van der Waals surface area contributed by atoms with Gasteiger partial charge < -0.3 is 4.85 Å². The molecule has 0 atom stereocenters. The van der Waals surface area contributed by atoms with Gasteiger partial charge >= 0.3 is 0 Å². The van der Waals surface area contributed by atoms with Crippen LogP contribution in [-0.2, 0) is 0 Å². The third-order valence-electron chi connectivity index (χ3n) is 1.92. The molecule has 0 aromatic carbocycles. The predicted octanol–water partition coefficient (Wildman–Crippen LogP) is 2.87. The van der Waals surface area contributed by atoms with E-state index >= 15 is 0 Å². The number of nitrogens with zero attached hydrogens (tertiary/aromatic N) is 1. The van der Waals surface area contributed by atoms with Crippen LogP contribution in [-0.4, -0.2) is 5.54 Å². The zero-order valence-corrected chi connectivity index (χ0v) is 7.07. The van der Waals surface area contributed by atoms with Crippen molar-refractivity contribution in [1.29, 1.82) is 0 Å². The Labute approximate surface area is 63.3 Å². The Bertz CT molecular complexity index is 164. The molecule has 56 valence electrons. The molecule has 0 bridgehead atoms. The van der Waals surface area contributed by atoms with E-state index in [1.165, 1.54) is 0 Å². The third kappa shape index (κ3) is 1.73. The van der Waals surface area contributed by atoms with E-state index in [-0.39, 0.29) is 5.54 Å². The number of hydrogen-bond donors (Lipinski definition) is 0. The third-order valence-corrected chi connectivity index (χ3v) is 1.92. The molecule has 10 heavy (non-hydrogen) atoms. The zero-order chi connectivity index (χ0) is 7.83. The van der Waals surface area contributed by atoms with E-state index in [2.05, 4.69) is 25.6 Å². The zero-order valence-electron chi connectivity index (χ0n) is 7.07. The maximum absolute atomic E-state index is 6.97. The van der Waals surface area contributed by atoms with Crippen LogP contribution >= 0.6 is 0 Å². The average molecular weight is 137 g/mol. The van der Waals surface area contributed by atoms with E-state index in [4.69, 9.17) is 6.57 Å². The molecule has 1 nitrogen and oxygen atoms in total. The molecule has 0 aromatic rings. The van der Waals surface area contributed by atoms with Crippen molar-refractivity contribution in [3.8, 4) is 0 Å². The Hall–Kier alpha value is -0.510. The van der Waals surface area contributed by atoms with Crippen molar-refractivity contribution in [2.45, 2.75) is 45.6 Å². The smallest absolute Gasteiger partial charge is 0.233 e. The fourth-order valence-electron chi connectivity index (χ4n) is 1.46. The van der Waals surface area contributed by atoms with Crippen LogP contribution in [0.15, 0.2) is 0 Å². The van der Waals surface area contributed by atoms with Crippen LogP contribution in [0.2, 0.25) is 0 Å². The summed E-state index contributed by atoms with van der Waals surface area (Å²) in [6, 6.07) is 0. The van der Waals surface area contributed by atoms with E-state index in [0.717, 1.165) is 19.3 Å². The minimum Gasteiger partial charge on any atom is -0.310 e. The molecule has 0 heterocycles. The van der Waals surface area contributed by atoms with Crippen LogP contribution in [0.1, 0.15) is 40.0 Å². The fourth-order valence-corrected chi connectivity index (χ4v) is 1.46. The lowest BCUT2D eigenvalue weighted by Gasteiger charge is -2.18. The van der Waals surface area contributed by atoms with Gasteiger partial charge in [0.1, 0.15) is 0 Å². The molecule has 1 fully saturated rings. The van der Waals surface area contributed by atoms with Crippen LogP contribution < -0.4 is 0 Å². The molecule has 1 heteroatoms. The summed E-state index contributed by atoms with van der Waals surface area (Å²) in [6.07, 6.45) is 3.34. The highest BCUT2D eigenvalue weighted by Gasteiger charge is 2.52. The van der Waals surface area contributed by atoms with Crippen molar-refractivity contribution < 1.29 is 0 Å². The first-order valence-corrected chi connectivity index (χ1v) is 3.86. The van der Waals surface area contributed by atoms with Gasteiger partial charge in [-0.25, -0.2) is 6.57 Å². The topological polar surface area (TPSA) is 4.36 Å². The summed E-state index contributed by atoms with van der Waals surface area (Å²) in [5.74, 6) is 0. The maximum atomic E-state index is 6.97. The van der Waals surface area contributed by atoms with Gasteiger partial charge in [-0.05, 0) is 5.41 Å². The average Bonchev–Trinajstić information content (AvgIpc) is 2.45. The van der Waals surface area contributed by atoms with Crippen molar-refractivity contribution in [3.63, 3.8) is 0 Å². The minimum atomic E-state index is 0.0677. The first-order chi connectivity index (χ1) is 4.47. The van der Waals surface area contributed by atoms with Gasteiger partial charge in [0.05, 0.1) is 0 Å². The van der Waals surface area contributed by atoms with Crippen molar-refractivity contribution >= 4 is 0 Å². The molecule has 0 aliphatic heterocycles. The van der Waals surface area contributed by atoms with E-state index in [9.17, 15) is 0 Å². The summed E-state index contributed by atoms with van der Waals surface area (Å²) in [5.41, 5.74) is 0.402. The molecule has 0 saturated heterocycles. The highest BCUT2D eigenvalue weighted by molar-refractivity contribution is 5.12. The minimum absolute atomic E-state index is 0.0677. The molecule has 0 amide bonds. The Morgan fingerprint density at radius 3 is 2.00 bits per heavy atom. The van der Waals surface area contributed by atoms with E-state index < -0.39 is 0 Å². The van der Waals surface area contributed by atoms with Crippen LogP contribution in [0.3, 0.4) is 0 Å². The van der Waals surface area contributed by atoms with E-state index in [1.54, 1.807) is 0 Å². The second-order valence-corrected chi connectivity index (χ2v) is 4.57. The number of hydrogen-bond acceptors (Lipinski definition) is 0. The molecule has 0 N–H and O–H groups in total. The lowest BCUT2D eigenvalue weighted by molar-refractivity contribution is 0.349. The van der Waals surface area contributed by atoms with E-state index in [0.29, 0.717) is 5.41 Å². The van der Waals surface area contributed by atoms with Crippen molar-refractivity contribution in [1.82, 2.24) is 0 Å². The van der Waals surface area contributed by atoms with Crippen molar-refractivity contribution in [2.24, 2.45) is 5.41 Å². The second kappa shape index (κ2) is 1.99. The molecular formula is C9H15N. The first-order valence-electron chi connectivity index (χ1n) is 3.86. The molecule has 1 aliphatic carbocycles. The molecular weight excluding hydrogens is 122 g/mol. The molecule has 1 aliphatic rings. The lowest BCUT2D eigenvalue weighted by atomic mass is 9.87. The van der Waals surface area contributed by atoms with E-state index in [1.807, 2.05) is 0 Å². The van der Waals surface area contributed by atoms with Crippen LogP contribution in [0, 0.1) is 12.0 Å². The summed E-state index contributed by atoms with van der Waals surface area (Å²) in [6.45, 7) is 13.6. The summed E-state index contributed by atoms with van der Waals surface area (Å²) in [5, 5.41) is 0. The Morgan fingerprint density at radius 1 is 1.40 bits per heavy atom. The molecule has 1 saturated carbocycles. The van der Waals surface area contributed by atoms with Gasteiger partial charge in [-0.2, -0.15) is 0 Å². The molecule has 0 spiro atoms. The predicted molar refractivity (Wildman–Crippen MR) is 42.6 cm³/mol. The van der Waals surface area contributed by atoms with Gasteiger partial charge in [-0.1, -0.05) is 20.8 Å². The first kappa shape index (κ1) is 7.60. The van der Waals surface area contributed by atoms with Crippen LogP contribution in [0.4, 0.5) is 0 Å². The summed E-state index contributed by atoms with van der Waals surface area (Å²) in [4.78, 5) is 3.67. The van der Waals surface area contributed by atoms with Gasteiger partial charge in [-0.3, -0.25) is 0 Å². The normalized spacial score (nSPS) is 21.8. The Morgan fingerprint density at radius 2 is 1.90 bits per heavy atom. The lowest BCUT2D eigenvalue weighted by Crippen LogP contribution is -2.15. The fraction of sp³-hybridized carbons (Fsp3) is 0.889. The highest BCUT2D eigenvalue weighted by Crippen LogP contribution is 2.47. The van der Waals surface area contributed by atoms with Gasteiger partial charge in [0.25, 0.3) is 0 Å². The summed E-state index contributed by atoms with van der Waals surface area (Å²) >= 11 is 0. The summed E-state index contributed by atoms with van der Waals surface area (Å²) < 4.78 is 0. The van der Waals surface area contributed by atoms with Gasteiger partial charge in [0.2, 0.25) is 5.54 Å². The van der Waals surface area contributed by atoms with Crippen LogP contribution in [0.5, 0.6) is 0 Å². The quantitative estimate of drug-likeness (QED) is 0.489. The monoisotopic (exact) mass is 137 g/mol. The second-order valence-electron chi connectivity index (χ2n) is 4.57. The molecule has 1 rings (SSSR count). The molecule has 0 aromatic heterocycles. The number of rotatable bonds is 1. The standard InChI is InChI=1S/C9H15N/c1-8(2,3)7-9(10-4)5-6-9/h5-7H2,1-3H3.